The second-order valence-electron chi connectivity index (χ2n) is 5.88. The maximum absolute atomic E-state index is 11.7. The number of hydrogen-bond donors (Lipinski definition) is 2. The molecule has 1 rings (SSSR count). The number of likely N-dealkylation sites (N-methyl/N-ethyl adjacent to an activating group) is 1. The Morgan fingerprint density at radius 3 is 2.32 bits per heavy atom. The number of benzene rings is 1. The molecule has 0 saturated heterocycles. The number of carbonyl (C=O) groups excluding carboxylic acids is 2. The van der Waals surface area contributed by atoms with Crippen LogP contribution in [-0.2, 0) is 16.0 Å². The van der Waals surface area contributed by atoms with E-state index >= 15 is 0 Å². The number of carbonyl (C=O) groups is 2. The fraction of sp³-hybridized carbons (Fsp3) is 0.529. The minimum atomic E-state index is -0.155. The second-order valence-corrected chi connectivity index (χ2v) is 5.88. The predicted molar refractivity (Wildman–Crippen MR) is 88.7 cm³/mol. The van der Waals surface area contributed by atoms with Crippen LogP contribution in [0.4, 0.5) is 0 Å². The minimum absolute atomic E-state index is 0.0346. The molecule has 0 aliphatic carbocycles. The summed E-state index contributed by atoms with van der Waals surface area (Å²) in [5, 5.41) is 5.46. The highest BCUT2D eigenvalue weighted by molar-refractivity contribution is 5.84. The van der Waals surface area contributed by atoms with E-state index < -0.39 is 0 Å². The van der Waals surface area contributed by atoms with Gasteiger partial charge < -0.3 is 15.5 Å². The summed E-state index contributed by atoms with van der Waals surface area (Å²) in [4.78, 5) is 25.4. The molecule has 22 heavy (non-hydrogen) atoms. The number of nitrogens with one attached hydrogen (secondary N) is 2. The predicted octanol–water partition coefficient (Wildman–Crippen LogP) is 1.11. The summed E-state index contributed by atoms with van der Waals surface area (Å²) in [6.45, 7) is 4.67. The van der Waals surface area contributed by atoms with Crippen LogP contribution in [0.3, 0.4) is 0 Å². The van der Waals surface area contributed by atoms with E-state index in [1.54, 1.807) is 0 Å². The lowest BCUT2D eigenvalue weighted by Crippen LogP contribution is -2.42. The first-order chi connectivity index (χ1) is 10.4. The lowest BCUT2D eigenvalue weighted by atomic mass is 10.1. The van der Waals surface area contributed by atoms with Gasteiger partial charge in [0.05, 0.1) is 6.54 Å². The van der Waals surface area contributed by atoms with Crippen molar-refractivity contribution in [2.75, 3.05) is 27.2 Å². The fourth-order valence-corrected chi connectivity index (χ4v) is 1.79. The van der Waals surface area contributed by atoms with Crippen molar-refractivity contribution in [3.8, 4) is 0 Å². The number of rotatable bonds is 8. The zero-order chi connectivity index (χ0) is 16.5. The third-order valence-corrected chi connectivity index (χ3v) is 3.68. The maximum Gasteiger partial charge on any atom is 0.239 e. The van der Waals surface area contributed by atoms with Gasteiger partial charge in [0.25, 0.3) is 0 Å². The SMILES string of the molecule is Cc1ccc(CCC(=O)NCC(=O)NC[C@@H](C)N(C)C)cc1. The van der Waals surface area contributed by atoms with Crippen molar-refractivity contribution in [1.29, 1.82) is 0 Å². The lowest BCUT2D eigenvalue weighted by molar-refractivity contribution is -0.126. The molecule has 2 N–H and O–H groups in total. The molecule has 1 atom stereocenters. The minimum Gasteiger partial charge on any atom is -0.353 e. The van der Waals surface area contributed by atoms with Gasteiger partial charge in [-0.25, -0.2) is 0 Å². The summed E-state index contributed by atoms with van der Waals surface area (Å²) in [5.41, 5.74) is 2.34. The summed E-state index contributed by atoms with van der Waals surface area (Å²) in [6, 6.07) is 8.39. The maximum atomic E-state index is 11.7. The fourth-order valence-electron chi connectivity index (χ4n) is 1.79. The Balaban J connectivity index is 2.19. The molecule has 0 aromatic heterocycles. The zero-order valence-electron chi connectivity index (χ0n) is 14.0. The first-order valence-electron chi connectivity index (χ1n) is 7.64. The highest BCUT2D eigenvalue weighted by atomic mass is 16.2. The molecule has 5 heteroatoms. The normalized spacial score (nSPS) is 12.0. The van der Waals surface area contributed by atoms with E-state index in [4.69, 9.17) is 0 Å². The molecule has 1 aromatic carbocycles. The highest BCUT2D eigenvalue weighted by Gasteiger charge is 2.08. The Labute approximate surface area is 133 Å². The molecule has 5 nitrogen and oxygen atoms in total. The number of nitrogens with zero attached hydrogens (tertiary/aromatic N) is 1. The standard InChI is InChI=1S/C17H27N3O2/c1-13-5-7-15(8-6-13)9-10-16(21)19-12-17(22)18-11-14(2)20(3)4/h5-8,14H,9-12H2,1-4H3,(H,18,22)(H,19,21)/t14-/m1/s1. The third kappa shape index (κ3) is 7.22. The summed E-state index contributed by atoms with van der Waals surface area (Å²) in [5.74, 6) is -0.256. The molecule has 0 fully saturated rings. The zero-order valence-corrected chi connectivity index (χ0v) is 14.0. The molecule has 0 aliphatic heterocycles. The molecule has 0 bridgehead atoms. The molecule has 122 valence electrons. The van der Waals surface area contributed by atoms with Crippen LogP contribution in [0.1, 0.15) is 24.5 Å². The molecule has 0 aliphatic rings. The summed E-state index contributed by atoms with van der Waals surface area (Å²) in [6.07, 6.45) is 1.08. The van der Waals surface area contributed by atoms with E-state index in [1.807, 2.05) is 57.1 Å². The van der Waals surface area contributed by atoms with Crippen molar-refractivity contribution in [2.24, 2.45) is 0 Å². The number of aryl methyl sites for hydroxylation is 2. The number of amides is 2. The average Bonchev–Trinajstić information content (AvgIpc) is 2.49. The summed E-state index contributed by atoms with van der Waals surface area (Å²) >= 11 is 0. The van der Waals surface area contributed by atoms with Gasteiger partial charge in [-0.2, -0.15) is 0 Å². The van der Waals surface area contributed by atoms with Crippen molar-refractivity contribution < 1.29 is 9.59 Å². The lowest BCUT2D eigenvalue weighted by Gasteiger charge is -2.19. The van der Waals surface area contributed by atoms with Crippen molar-refractivity contribution in [3.05, 3.63) is 35.4 Å². The van der Waals surface area contributed by atoms with Crippen LogP contribution in [0.25, 0.3) is 0 Å². The van der Waals surface area contributed by atoms with E-state index in [0.29, 0.717) is 19.4 Å². The van der Waals surface area contributed by atoms with Crippen LogP contribution in [-0.4, -0.2) is 49.9 Å². The monoisotopic (exact) mass is 305 g/mol. The van der Waals surface area contributed by atoms with Gasteiger partial charge in [-0.3, -0.25) is 9.59 Å². The molecule has 0 radical (unpaired) electrons. The Bertz CT molecular complexity index is 483. The molecule has 1 aromatic rings. The van der Waals surface area contributed by atoms with Gasteiger partial charge in [-0.05, 0) is 39.9 Å². The van der Waals surface area contributed by atoms with Crippen molar-refractivity contribution >= 4 is 11.8 Å². The summed E-state index contributed by atoms with van der Waals surface area (Å²) < 4.78 is 0. The van der Waals surface area contributed by atoms with Crippen molar-refractivity contribution in [1.82, 2.24) is 15.5 Å². The van der Waals surface area contributed by atoms with Gasteiger partial charge in [0.2, 0.25) is 11.8 Å². The van der Waals surface area contributed by atoms with E-state index in [0.717, 1.165) is 5.56 Å². The van der Waals surface area contributed by atoms with Crippen LogP contribution in [0.2, 0.25) is 0 Å². The second kappa shape index (κ2) is 9.20. The van der Waals surface area contributed by atoms with Crippen LogP contribution in [0.15, 0.2) is 24.3 Å². The Morgan fingerprint density at radius 2 is 1.73 bits per heavy atom. The van der Waals surface area contributed by atoms with Crippen LogP contribution in [0.5, 0.6) is 0 Å². The van der Waals surface area contributed by atoms with Gasteiger partial charge in [0.1, 0.15) is 0 Å². The van der Waals surface area contributed by atoms with Gasteiger partial charge in [0.15, 0.2) is 0 Å². The number of hydrogen-bond acceptors (Lipinski definition) is 3. The smallest absolute Gasteiger partial charge is 0.239 e. The molecule has 0 unspecified atom stereocenters. The average molecular weight is 305 g/mol. The van der Waals surface area contributed by atoms with Gasteiger partial charge in [-0.15, -0.1) is 0 Å². The molecule has 0 saturated carbocycles. The van der Waals surface area contributed by atoms with Gasteiger partial charge >= 0.3 is 0 Å². The summed E-state index contributed by atoms with van der Waals surface area (Å²) in [7, 11) is 3.92. The van der Waals surface area contributed by atoms with E-state index in [2.05, 4.69) is 10.6 Å². The van der Waals surface area contributed by atoms with Gasteiger partial charge in [0, 0.05) is 19.0 Å². The molecular formula is C17H27N3O2. The van der Waals surface area contributed by atoms with Crippen LogP contribution in [0, 0.1) is 6.92 Å². The van der Waals surface area contributed by atoms with E-state index in [9.17, 15) is 9.59 Å². The van der Waals surface area contributed by atoms with Crippen LogP contribution >= 0.6 is 0 Å². The third-order valence-electron chi connectivity index (χ3n) is 3.68. The van der Waals surface area contributed by atoms with Crippen molar-refractivity contribution in [3.63, 3.8) is 0 Å². The quantitative estimate of drug-likeness (QED) is 0.756. The Hall–Kier alpha value is -1.88. The highest BCUT2D eigenvalue weighted by Crippen LogP contribution is 2.05. The largest absolute Gasteiger partial charge is 0.353 e. The van der Waals surface area contributed by atoms with Crippen molar-refractivity contribution in [2.45, 2.75) is 32.7 Å². The molecule has 0 heterocycles. The first-order valence-corrected chi connectivity index (χ1v) is 7.64. The first kappa shape index (κ1) is 18.2. The molecule has 0 spiro atoms. The van der Waals surface area contributed by atoms with Gasteiger partial charge in [-0.1, -0.05) is 29.8 Å². The van der Waals surface area contributed by atoms with Crippen LogP contribution < -0.4 is 10.6 Å². The topological polar surface area (TPSA) is 61.4 Å². The molecule has 2 amide bonds. The Morgan fingerprint density at radius 1 is 1.09 bits per heavy atom. The van der Waals surface area contributed by atoms with E-state index in [-0.39, 0.29) is 24.4 Å². The molecular weight excluding hydrogens is 278 g/mol. The van der Waals surface area contributed by atoms with E-state index in [1.165, 1.54) is 5.56 Å². The Kier molecular flexibility index (Phi) is 7.60.